The van der Waals surface area contributed by atoms with Crippen LogP contribution in [-0.2, 0) is 29.2 Å². The molecule has 0 bridgehead atoms. The van der Waals surface area contributed by atoms with Crippen LogP contribution in [0.4, 0.5) is 4.79 Å². The van der Waals surface area contributed by atoms with Crippen LogP contribution in [0.25, 0.3) is 44.2 Å². The third kappa shape index (κ3) is 6.66. The van der Waals surface area contributed by atoms with Gasteiger partial charge in [0, 0.05) is 23.5 Å². The van der Waals surface area contributed by atoms with Crippen LogP contribution < -0.4 is 10.1 Å². The Hall–Kier alpha value is -4.90. The Morgan fingerprint density at radius 3 is 2.64 bits per heavy atom. The van der Waals surface area contributed by atoms with Crippen molar-refractivity contribution in [1.82, 2.24) is 35.1 Å². The number of imidazole rings is 2. The minimum Gasteiger partial charge on any atom is -0.488 e. The largest absolute Gasteiger partial charge is 0.488 e. The number of aromatic amines is 2. The quantitative estimate of drug-likeness (QED) is 0.157. The summed E-state index contributed by atoms with van der Waals surface area (Å²) in [7, 11) is 3.41. The smallest absolute Gasteiger partial charge is 0.407 e. The topological polar surface area (TPSA) is 128 Å². The van der Waals surface area contributed by atoms with E-state index < -0.39 is 6.09 Å². The van der Waals surface area contributed by atoms with E-state index in [1.165, 1.54) is 7.11 Å². The van der Waals surface area contributed by atoms with Crippen LogP contribution in [0.5, 0.6) is 5.75 Å². The van der Waals surface area contributed by atoms with Gasteiger partial charge in [-0.05, 0) is 72.7 Å². The summed E-state index contributed by atoms with van der Waals surface area (Å²) in [5.41, 5.74) is 7.13. The number of hydrogen-bond donors (Lipinski definition) is 3. The highest BCUT2D eigenvalue weighted by atomic mass is 16.5. The number of carbonyl (C=O) groups is 2. The molecule has 6 rings (SSSR count). The molecule has 47 heavy (non-hydrogen) atoms. The fraction of sp³-hybridized carbons (Fsp3) is 0.389. The lowest BCUT2D eigenvalue weighted by Crippen LogP contribution is -2.40. The second-order valence-electron chi connectivity index (χ2n) is 12.7. The van der Waals surface area contributed by atoms with Crippen molar-refractivity contribution in [2.24, 2.45) is 5.92 Å². The lowest BCUT2D eigenvalue weighted by molar-refractivity contribution is -0.130. The zero-order valence-corrected chi connectivity index (χ0v) is 27.9. The van der Waals surface area contributed by atoms with Gasteiger partial charge in [0.2, 0.25) is 5.91 Å². The van der Waals surface area contributed by atoms with Crippen molar-refractivity contribution in [3.8, 4) is 28.1 Å². The summed E-state index contributed by atoms with van der Waals surface area (Å²) in [4.78, 5) is 44.5. The molecule has 3 heterocycles. The van der Waals surface area contributed by atoms with Crippen molar-refractivity contribution in [1.29, 1.82) is 0 Å². The second kappa shape index (κ2) is 13.4. The van der Waals surface area contributed by atoms with Crippen LogP contribution in [-0.4, -0.2) is 75.0 Å². The molecule has 1 aliphatic rings. The minimum atomic E-state index is -0.637. The van der Waals surface area contributed by atoms with Gasteiger partial charge in [-0.2, -0.15) is 0 Å². The van der Waals surface area contributed by atoms with E-state index in [1.807, 2.05) is 6.92 Å². The van der Waals surface area contributed by atoms with Gasteiger partial charge in [-0.3, -0.25) is 9.69 Å². The number of ether oxygens (including phenoxy) is 2. The Morgan fingerprint density at radius 1 is 1.04 bits per heavy atom. The Bertz CT molecular complexity index is 1930. The number of amides is 2. The van der Waals surface area contributed by atoms with Gasteiger partial charge >= 0.3 is 6.09 Å². The highest BCUT2D eigenvalue weighted by molar-refractivity contribution is 6.07. The molecule has 0 unspecified atom stereocenters. The molecular formula is C36H43N7O4. The summed E-state index contributed by atoms with van der Waals surface area (Å²) < 4.78 is 10.9. The monoisotopic (exact) mass is 637 g/mol. The second-order valence-corrected chi connectivity index (χ2v) is 12.7. The van der Waals surface area contributed by atoms with Crippen molar-refractivity contribution >= 4 is 33.8 Å². The van der Waals surface area contributed by atoms with E-state index in [0.29, 0.717) is 37.5 Å². The summed E-state index contributed by atoms with van der Waals surface area (Å²) >= 11 is 0. The molecule has 11 heteroatoms. The predicted molar refractivity (Wildman–Crippen MR) is 183 cm³/mol. The standard InChI is InChI=1S/C36H43N7O4/c1-7-12-43(34(44)17-38-36(45)46-6)19-32-37-16-30(40-32)24-8-10-26-25(13-24)20-47-31-15-27-23(14-28(26)31)9-11-29-35(27)41-33(39-29)18-42(5)22(4)21(2)3/h8-11,13-16,21-22H,7,12,17-20H2,1-6H3,(H,37,40)(H,38,45)(H,39,41)/t22-/m1/s1. The van der Waals surface area contributed by atoms with E-state index in [1.54, 1.807) is 11.1 Å². The minimum absolute atomic E-state index is 0.134. The van der Waals surface area contributed by atoms with Crippen molar-refractivity contribution in [2.75, 3.05) is 27.2 Å². The molecule has 0 saturated carbocycles. The van der Waals surface area contributed by atoms with E-state index in [0.717, 1.165) is 74.3 Å². The van der Waals surface area contributed by atoms with Crippen molar-refractivity contribution < 1.29 is 19.1 Å². The number of fused-ring (bicyclic) bond motifs is 6. The van der Waals surface area contributed by atoms with Crippen LogP contribution in [0.3, 0.4) is 0 Å². The van der Waals surface area contributed by atoms with E-state index in [9.17, 15) is 9.59 Å². The van der Waals surface area contributed by atoms with Gasteiger partial charge in [0.15, 0.2) is 0 Å². The molecule has 3 aromatic carbocycles. The molecule has 5 aromatic rings. The van der Waals surface area contributed by atoms with Crippen LogP contribution >= 0.6 is 0 Å². The zero-order chi connectivity index (χ0) is 33.2. The Balaban J connectivity index is 1.22. The molecule has 0 spiro atoms. The molecule has 1 aliphatic heterocycles. The predicted octanol–water partition coefficient (Wildman–Crippen LogP) is 6.24. The number of aromatic nitrogens is 4. The average molecular weight is 638 g/mol. The molecule has 0 fully saturated rings. The first kappa shape index (κ1) is 32.1. The van der Waals surface area contributed by atoms with Crippen LogP contribution in [0.15, 0.2) is 48.7 Å². The maximum Gasteiger partial charge on any atom is 0.407 e. The number of alkyl carbamates (subject to hydrolysis) is 1. The number of methoxy groups -OCH3 is 1. The van der Waals surface area contributed by atoms with Gasteiger partial charge in [-0.25, -0.2) is 14.8 Å². The van der Waals surface area contributed by atoms with Gasteiger partial charge < -0.3 is 29.7 Å². The first-order valence-corrected chi connectivity index (χ1v) is 16.2. The Labute approximate surface area is 274 Å². The number of rotatable bonds is 11. The number of hydrogen-bond acceptors (Lipinski definition) is 7. The van der Waals surface area contributed by atoms with Gasteiger partial charge in [0.05, 0.1) is 43.1 Å². The fourth-order valence-electron chi connectivity index (χ4n) is 6.14. The highest BCUT2D eigenvalue weighted by Gasteiger charge is 2.22. The molecule has 0 aliphatic carbocycles. The van der Waals surface area contributed by atoms with Crippen molar-refractivity contribution in [2.45, 2.75) is 59.9 Å². The zero-order valence-electron chi connectivity index (χ0n) is 27.9. The molecule has 0 radical (unpaired) electrons. The fourth-order valence-corrected chi connectivity index (χ4v) is 6.14. The van der Waals surface area contributed by atoms with Crippen LogP contribution in [0, 0.1) is 5.92 Å². The number of H-pyrrole nitrogens is 2. The summed E-state index contributed by atoms with van der Waals surface area (Å²) in [5.74, 6) is 2.84. The van der Waals surface area contributed by atoms with Crippen molar-refractivity contribution in [3.05, 3.63) is 65.9 Å². The van der Waals surface area contributed by atoms with E-state index in [4.69, 9.17) is 9.72 Å². The average Bonchev–Trinajstić information content (AvgIpc) is 3.72. The molecule has 1 atom stereocenters. The maximum atomic E-state index is 12.7. The summed E-state index contributed by atoms with van der Waals surface area (Å²) in [6, 6.07) is 15.4. The summed E-state index contributed by atoms with van der Waals surface area (Å²) in [5, 5.41) is 4.68. The van der Waals surface area contributed by atoms with E-state index in [2.05, 4.69) is 100 Å². The molecule has 246 valence electrons. The third-order valence-corrected chi connectivity index (χ3v) is 9.16. The van der Waals surface area contributed by atoms with Crippen LogP contribution in [0.2, 0.25) is 0 Å². The number of benzene rings is 3. The number of nitrogens with zero attached hydrogens (tertiary/aromatic N) is 4. The first-order valence-electron chi connectivity index (χ1n) is 16.2. The maximum absolute atomic E-state index is 12.7. The lowest BCUT2D eigenvalue weighted by atomic mass is 9.92. The molecule has 11 nitrogen and oxygen atoms in total. The third-order valence-electron chi connectivity index (χ3n) is 9.16. The van der Waals surface area contributed by atoms with Gasteiger partial charge in [0.1, 0.15) is 30.5 Å². The molecule has 2 amide bonds. The SMILES string of the molecule is CCCN(Cc1ncc(-c2ccc3c(c2)COc2cc4c(ccc5nc(CN(C)[C@H](C)C(C)C)[nH]c54)cc2-3)[nH]1)C(=O)CNC(=O)OC. The number of nitrogens with one attached hydrogen (secondary N) is 3. The van der Waals surface area contributed by atoms with Gasteiger partial charge in [0.25, 0.3) is 0 Å². The van der Waals surface area contributed by atoms with E-state index in [-0.39, 0.29) is 12.5 Å². The Morgan fingerprint density at radius 2 is 1.87 bits per heavy atom. The normalized spacial score (nSPS) is 13.0. The lowest BCUT2D eigenvalue weighted by Gasteiger charge is -2.26. The summed E-state index contributed by atoms with van der Waals surface area (Å²) in [6.07, 6.45) is 1.93. The molecular weight excluding hydrogens is 594 g/mol. The van der Waals surface area contributed by atoms with E-state index >= 15 is 0 Å². The molecule has 2 aromatic heterocycles. The Kier molecular flexibility index (Phi) is 9.17. The highest BCUT2D eigenvalue weighted by Crippen LogP contribution is 2.42. The molecule has 3 N–H and O–H groups in total. The van der Waals surface area contributed by atoms with Crippen molar-refractivity contribution in [3.63, 3.8) is 0 Å². The van der Waals surface area contributed by atoms with Crippen LogP contribution in [0.1, 0.15) is 51.3 Å². The first-order chi connectivity index (χ1) is 22.6. The number of carbonyl (C=O) groups excluding carboxylic acids is 2. The van der Waals surface area contributed by atoms with Gasteiger partial charge in [-0.1, -0.05) is 39.0 Å². The summed E-state index contributed by atoms with van der Waals surface area (Å²) in [6.45, 7) is 10.7. The molecule has 0 saturated heterocycles. The van der Waals surface area contributed by atoms with Gasteiger partial charge in [-0.15, -0.1) is 0 Å².